The fourth-order valence-electron chi connectivity index (χ4n) is 9.01. The number of para-hydroxylation sites is 2. The third kappa shape index (κ3) is 10.8. The molecule has 4 aliphatic heterocycles. The minimum atomic E-state index is -0.202. The zero-order valence-electron chi connectivity index (χ0n) is 39.8. The SMILES string of the molecule is CC.CNC(=O)CCCSSC(C)CC(=O)Nc1cc(COc2cc3c(cc2OC)C(=O)N2c4ccccc4C[C@H]2C=N3)cc(COc2cc3c(cc2OC)C(=O)N2c4ccccc4CC2CN3)c1. The molecule has 0 aliphatic carbocycles. The molecule has 0 bridgehead atoms. The Hall–Kier alpha value is -6.65. The van der Waals surface area contributed by atoms with Crippen LogP contribution in [0.25, 0.3) is 0 Å². The van der Waals surface area contributed by atoms with Gasteiger partial charge in [-0.2, -0.15) is 0 Å². The van der Waals surface area contributed by atoms with Crippen LogP contribution in [0.4, 0.5) is 28.4 Å². The average molecular weight is 971 g/mol. The molecule has 16 heteroatoms. The summed E-state index contributed by atoms with van der Waals surface area (Å²) in [6.45, 7) is 6.76. The van der Waals surface area contributed by atoms with Crippen LogP contribution in [0.1, 0.15) is 83.0 Å². The molecule has 9 rings (SSSR count). The van der Waals surface area contributed by atoms with Gasteiger partial charge in [0.2, 0.25) is 11.8 Å². The molecule has 4 heterocycles. The van der Waals surface area contributed by atoms with Crippen LogP contribution in [-0.4, -0.2) is 80.7 Å². The van der Waals surface area contributed by atoms with E-state index in [1.807, 2.05) is 98.6 Å². The van der Waals surface area contributed by atoms with Crippen LogP contribution < -0.4 is 44.7 Å². The van der Waals surface area contributed by atoms with Crippen molar-refractivity contribution in [2.24, 2.45) is 4.99 Å². The van der Waals surface area contributed by atoms with Crippen molar-refractivity contribution in [2.75, 3.05) is 54.0 Å². The van der Waals surface area contributed by atoms with Gasteiger partial charge in [0.1, 0.15) is 13.2 Å². The van der Waals surface area contributed by atoms with E-state index in [2.05, 4.69) is 22.0 Å². The summed E-state index contributed by atoms with van der Waals surface area (Å²) in [4.78, 5) is 61.6. The highest BCUT2D eigenvalue weighted by molar-refractivity contribution is 8.76. The van der Waals surface area contributed by atoms with Gasteiger partial charge in [-0.15, -0.1) is 0 Å². The Morgan fingerprint density at radius 2 is 1.41 bits per heavy atom. The first kappa shape index (κ1) is 48.8. The summed E-state index contributed by atoms with van der Waals surface area (Å²) in [5.41, 5.74) is 8.15. The molecule has 0 aromatic heterocycles. The van der Waals surface area contributed by atoms with E-state index in [9.17, 15) is 19.2 Å². The van der Waals surface area contributed by atoms with E-state index in [0.29, 0.717) is 70.6 Å². The van der Waals surface area contributed by atoms with Gasteiger partial charge < -0.3 is 39.8 Å². The van der Waals surface area contributed by atoms with E-state index < -0.39 is 0 Å². The van der Waals surface area contributed by atoms with Gasteiger partial charge in [0.05, 0.1) is 48.8 Å². The Kier molecular flexibility index (Phi) is 15.7. The van der Waals surface area contributed by atoms with Gasteiger partial charge in [-0.3, -0.25) is 29.1 Å². The maximum atomic E-state index is 14.1. The molecule has 360 valence electrons. The number of carbonyl (C=O) groups excluding carboxylic acids is 4. The average Bonchev–Trinajstić information content (AvgIpc) is 3.86. The molecule has 0 fully saturated rings. The number of rotatable bonds is 17. The Balaban J connectivity index is 0.00000317. The summed E-state index contributed by atoms with van der Waals surface area (Å²) in [6, 6.07) is 28.3. The lowest BCUT2D eigenvalue weighted by atomic mass is 10.1. The minimum absolute atomic E-state index is 0.0168. The van der Waals surface area contributed by atoms with E-state index in [1.54, 1.807) is 58.8 Å². The molecule has 0 saturated heterocycles. The second-order valence-electron chi connectivity index (χ2n) is 16.8. The van der Waals surface area contributed by atoms with E-state index in [0.717, 1.165) is 52.2 Å². The Bertz CT molecular complexity index is 2770. The van der Waals surface area contributed by atoms with Crippen LogP contribution in [0.5, 0.6) is 23.0 Å². The smallest absolute Gasteiger partial charge is 0.261 e. The summed E-state index contributed by atoms with van der Waals surface area (Å²) in [7, 11) is 7.99. The summed E-state index contributed by atoms with van der Waals surface area (Å²) < 4.78 is 24.5. The first-order chi connectivity index (χ1) is 33.6. The first-order valence-corrected chi connectivity index (χ1v) is 25.7. The van der Waals surface area contributed by atoms with Crippen LogP contribution in [0.15, 0.2) is 96.0 Å². The maximum absolute atomic E-state index is 14.1. The van der Waals surface area contributed by atoms with Gasteiger partial charge in [0, 0.05) is 79.3 Å². The van der Waals surface area contributed by atoms with Crippen LogP contribution in [-0.2, 0) is 35.6 Å². The second-order valence-corrected chi connectivity index (χ2v) is 19.8. The van der Waals surface area contributed by atoms with Crippen LogP contribution >= 0.6 is 21.6 Å². The summed E-state index contributed by atoms with van der Waals surface area (Å²) >= 11 is 0. The Labute approximate surface area is 411 Å². The second kappa shape index (κ2) is 22.2. The number of anilines is 4. The summed E-state index contributed by atoms with van der Waals surface area (Å²) in [5, 5.41) is 9.25. The van der Waals surface area contributed by atoms with Gasteiger partial charge in [-0.1, -0.05) is 78.8 Å². The highest BCUT2D eigenvalue weighted by Crippen LogP contribution is 2.43. The zero-order valence-corrected chi connectivity index (χ0v) is 41.4. The number of carbonyl (C=O) groups is 4. The quantitative estimate of drug-likeness (QED) is 0.0602. The number of methoxy groups -OCH3 is 2. The molecule has 0 radical (unpaired) electrons. The molecule has 2 unspecified atom stereocenters. The molecule has 3 atom stereocenters. The number of aliphatic imine (C=N–C) groups is 1. The fraction of sp³-hybridized carbons (Fsp3) is 0.340. The molecule has 4 aliphatic rings. The summed E-state index contributed by atoms with van der Waals surface area (Å²) in [6.07, 6.45) is 4.76. The number of amides is 4. The lowest BCUT2D eigenvalue weighted by molar-refractivity contribution is -0.120. The fourth-order valence-corrected chi connectivity index (χ4v) is 11.4. The number of benzene rings is 5. The topological polar surface area (TPSA) is 160 Å². The van der Waals surface area contributed by atoms with Crippen molar-refractivity contribution in [3.05, 3.63) is 124 Å². The molecule has 0 saturated carbocycles. The van der Waals surface area contributed by atoms with Gasteiger partial charge in [-0.05, 0) is 77.6 Å². The van der Waals surface area contributed by atoms with E-state index in [-0.39, 0.29) is 60.6 Å². The van der Waals surface area contributed by atoms with Crippen LogP contribution in [0.3, 0.4) is 0 Å². The standard InChI is InChI=1S/C51H52N6O8S2.C2H6/c1-30(67-66-15-9-14-48(58)52-2)16-49(59)55-35-18-31(28-64-46-24-40-38(22-44(46)62-3)50(60)56-36(26-53-40)20-33-10-5-7-12-42(33)56)17-32(19-35)29-65-47-25-41-39(23-45(47)63-4)51(61)57-37(27-54-41)21-34-11-6-8-13-43(34)57;1-2/h5-8,10-13,17-19,22-26,30,36-37,54H,9,14-16,20-21,27-29H2,1-4H3,(H,52,58)(H,55,59);1-2H3/t30?,36-,37?;/m0./s1. The van der Waals surface area contributed by atoms with Gasteiger partial charge in [0.25, 0.3) is 11.8 Å². The van der Waals surface area contributed by atoms with E-state index in [1.165, 1.54) is 7.11 Å². The highest BCUT2D eigenvalue weighted by atomic mass is 33.1. The van der Waals surface area contributed by atoms with Crippen molar-refractivity contribution >= 4 is 79.9 Å². The van der Waals surface area contributed by atoms with Crippen molar-refractivity contribution < 1.29 is 38.1 Å². The van der Waals surface area contributed by atoms with Crippen LogP contribution in [0, 0.1) is 0 Å². The third-order valence-corrected chi connectivity index (χ3v) is 15.2. The molecular weight excluding hydrogens is 913 g/mol. The molecule has 3 N–H and O–H groups in total. The highest BCUT2D eigenvalue weighted by Gasteiger charge is 2.39. The Morgan fingerprint density at radius 1 is 0.783 bits per heavy atom. The number of nitrogens with one attached hydrogen (secondary N) is 3. The number of fused-ring (bicyclic) bond motifs is 8. The largest absolute Gasteiger partial charge is 0.493 e. The molecule has 5 aromatic carbocycles. The predicted molar refractivity (Wildman–Crippen MR) is 277 cm³/mol. The van der Waals surface area contributed by atoms with E-state index >= 15 is 0 Å². The van der Waals surface area contributed by atoms with Crippen molar-refractivity contribution in [2.45, 2.75) is 83.4 Å². The lowest BCUT2D eigenvalue weighted by Crippen LogP contribution is -2.39. The first-order valence-electron chi connectivity index (χ1n) is 23.3. The normalized spacial score (nSPS) is 16.4. The maximum Gasteiger partial charge on any atom is 0.261 e. The van der Waals surface area contributed by atoms with Crippen LogP contribution in [0.2, 0.25) is 0 Å². The molecular formula is C53H58N6O8S2. The number of ether oxygens (including phenoxy) is 4. The van der Waals surface area contributed by atoms with Gasteiger partial charge in [0.15, 0.2) is 23.0 Å². The van der Waals surface area contributed by atoms with E-state index in [4.69, 9.17) is 23.9 Å². The van der Waals surface area contributed by atoms with Gasteiger partial charge in [-0.25, -0.2) is 0 Å². The molecule has 5 aromatic rings. The minimum Gasteiger partial charge on any atom is -0.493 e. The molecule has 14 nitrogen and oxygen atoms in total. The lowest BCUT2D eigenvalue weighted by Gasteiger charge is -2.22. The molecule has 0 spiro atoms. The third-order valence-electron chi connectivity index (χ3n) is 12.2. The monoisotopic (exact) mass is 970 g/mol. The van der Waals surface area contributed by atoms with Crippen molar-refractivity contribution in [3.63, 3.8) is 0 Å². The zero-order chi connectivity index (χ0) is 48.6. The van der Waals surface area contributed by atoms with Crippen molar-refractivity contribution in [1.29, 1.82) is 0 Å². The number of hydrogen-bond donors (Lipinski definition) is 3. The van der Waals surface area contributed by atoms with Gasteiger partial charge >= 0.3 is 0 Å². The van der Waals surface area contributed by atoms with Crippen molar-refractivity contribution in [3.8, 4) is 23.0 Å². The molecule has 69 heavy (non-hydrogen) atoms. The van der Waals surface area contributed by atoms with Crippen molar-refractivity contribution in [1.82, 2.24) is 5.32 Å². The Morgan fingerprint density at radius 3 is 2.09 bits per heavy atom. The summed E-state index contributed by atoms with van der Waals surface area (Å²) in [5.74, 6) is 2.05. The number of hydrogen-bond acceptors (Lipinski definition) is 12. The molecule has 4 amide bonds. The number of nitrogens with zero attached hydrogens (tertiary/aromatic N) is 3. The predicted octanol–water partition coefficient (Wildman–Crippen LogP) is 9.80.